The van der Waals surface area contributed by atoms with Gasteiger partial charge in [0.15, 0.2) is 0 Å². The van der Waals surface area contributed by atoms with Crippen LogP contribution in [0.2, 0.25) is 0 Å². The van der Waals surface area contributed by atoms with Crippen LogP contribution < -0.4 is 5.32 Å². The molecule has 6 nitrogen and oxygen atoms in total. The molecule has 0 aromatic carbocycles. The first-order valence-electron chi connectivity index (χ1n) is 10.9. The van der Waals surface area contributed by atoms with Crippen LogP contribution >= 0.6 is 11.3 Å². The maximum Gasteiger partial charge on any atom is 0.246 e. The van der Waals surface area contributed by atoms with Crippen molar-refractivity contribution < 1.29 is 9.59 Å². The lowest BCUT2D eigenvalue weighted by molar-refractivity contribution is -0.126. The van der Waals surface area contributed by atoms with Gasteiger partial charge in [0, 0.05) is 42.3 Å². The van der Waals surface area contributed by atoms with Gasteiger partial charge in [-0.1, -0.05) is 11.6 Å². The molecule has 2 aromatic heterocycles. The summed E-state index contributed by atoms with van der Waals surface area (Å²) in [6.45, 7) is 3.16. The van der Waals surface area contributed by atoms with Crippen molar-refractivity contribution in [3.63, 3.8) is 0 Å². The van der Waals surface area contributed by atoms with Gasteiger partial charge < -0.3 is 10.2 Å². The van der Waals surface area contributed by atoms with Crippen molar-refractivity contribution >= 4 is 41.1 Å². The van der Waals surface area contributed by atoms with E-state index in [1.807, 2.05) is 17.0 Å². The minimum absolute atomic E-state index is 0.0398. The van der Waals surface area contributed by atoms with Crippen molar-refractivity contribution in [1.29, 1.82) is 0 Å². The van der Waals surface area contributed by atoms with Crippen molar-refractivity contribution in [2.75, 3.05) is 25.0 Å². The van der Waals surface area contributed by atoms with Gasteiger partial charge in [0.25, 0.3) is 0 Å². The molecule has 1 N–H and O–H groups in total. The van der Waals surface area contributed by atoms with Gasteiger partial charge in [-0.05, 0) is 67.5 Å². The Balaban J connectivity index is 1.22. The number of hydrogen-bond acceptors (Lipinski definition) is 5. The third kappa shape index (κ3) is 4.48. The van der Waals surface area contributed by atoms with Gasteiger partial charge in [0.2, 0.25) is 11.8 Å². The number of piperidine rings is 1. The first-order valence-corrected chi connectivity index (χ1v) is 11.8. The minimum atomic E-state index is -0.0485. The van der Waals surface area contributed by atoms with Crippen LogP contribution in [0.5, 0.6) is 0 Å². The number of aromatic nitrogens is 1. The number of thiophene rings is 1. The van der Waals surface area contributed by atoms with Crippen molar-refractivity contribution in [2.45, 2.75) is 38.3 Å². The molecule has 0 bridgehead atoms. The van der Waals surface area contributed by atoms with E-state index >= 15 is 0 Å². The predicted molar refractivity (Wildman–Crippen MR) is 123 cm³/mol. The Bertz CT molecular complexity index is 1030. The summed E-state index contributed by atoms with van der Waals surface area (Å²) >= 11 is 1.75. The number of nitrogens with one attached hydrogen (secondary N) is 1. The summed E-state index contributed by atoms with van der Waals surface area (Å²) in [6, 6.07) is 6.18. The normalized spacial score (nSPS) is 21.5. The number of pyridine rings is 1. The highest BCUT2D eigenvalue weighted by Gasteiger charge is 2.34. The maximum atomic E-state index is 12.7. The van der Waals surface area contributed by atoms with Crippen LogP contribution in [-0.2, 0) is 16.1 Å². The molecule has 2 fully saturated rings. The van der Waals surface area contributed by atoms with Crippen LogP contribution in [-0.4, -0.2) is 52.3 Å². The second kappa shape index (κ2) is 8.77. The van der Waals surface area contributed by atoms with Crippen molar-refractivity contribution in [3.8, 4) is 0 Å². The fraction of sp³-hybridized carbons (Fsp3) is 0.375. The zero-order valence-electron chi connectivity index (χ0n) is 17.4. The number of likely N-dealkylation sites (tertiary alicyclic amines) is 1. The number of carbonyl (C=O) groups is 2. The van der Waals surface area contributed by atoms with E-state index in [0.717, 1.165) is 56.4 Å². The number of hydrogen-bond donors (Lipinski definition) is 1. The molecule has 0 saturated carbocycles. The van der Waals surface area contributed by atoms with Gasteiger partial charge in [-0.2, -0.15) is 0 Å². The summed E-state index contributed by atoms with van der Waals surface area (Å²) in [5.41, 5.74) is 3.30. The van der Waals surface area contributed by atoms with E-state index in [-0.39, 0.29) is 17.9 Å². The zero-order chi connectivity index (χ0) is 21.2. The Morgan fingerprint density at radius 1 is 1.26 bits per heavy atom. The van der Waals surface area contributed by atoms with E-state index in [0.29, 0.717) is 12.4 Å². The molecule has 5 rings (SSSR count). The lowest BCUT2D eigenvalue weighted by Gasteiger charge is -2.27. The molecule has 7 heteroatoms. The van der Waals surface area contributed by atoms with E-state index < -0.39 is 0 Å². The quantitative estimate of drug-likeness (QED) is 0.747. The van der Waals surface area contributed by atoms with E-state index in [9.17, 15) is 9.59 Å². The van der Waals surface area contributed by atoms with Gasteiger partial charge in [0.1, 0.15) is 5.82 Å². The number of fused-ring (bicyclic) bond motifs is 2. The monoisotopic (exact) mass is 434 g/mol. The molecule has 0 radical (unpaired) electrons. The molecule has 3 aliphatic rings. The molecule has 2 saturated heterocycles. The standard InChI is InChI=1S/C24H26N4O2S/c29-22(27-10-7-17(8-11-27)14-20-3-2-12-31-20)6-5-18-13-19-16-28-9-1-4-21(28)24(30)26-23(19)25-15-18/h2-3,5-6,12-15,21H,1,4,7-11,16H2,(H,25,26,30). The van der Waals surface area contributed by atoms with E-state index in [1.165, 1.54) is 10.5 Å². The smallest absolute Gasteiger partial charge is 0.246 e. The summed E-state index contributed by atoms with van der Waals surface area (Å²) in [5.74, 6) is 0.724. The molecular formula is C24H26N4O2S. The van der Waals surface area contributed by atoms with Gasteiger partial charge in [-0.25, -0.2) is 4.98 Å². The summed E-state index contributed by atoms with van der Waals surface area (Å²) in [7, 11) is 0. The number of carbonyl (C=O) groups excluding carboxylic acids is 2. The third-order valence-electron chi connectivity index (χ3n) is 6.29. The molecule has 1 atom stereocenters. The van der Waals surface area contributed by atoms with Crippen LogP contribution in [0, 0.1) is 0 Å². The van der Waals surface area contributed by atoms with Crippen molar-refractivity contribution in [2.24, 2.45) is 0 Å². The van der Waals surface area contributed by atoms with Gasteiger partial charge in [-0.3, -0.25) is 14.5 Å². The Morgan fingerprint density at radius 3 is 2.94 bits per heavy atom. The first-order chi connectivity index (χ1) is 15.2. The Labute approximate surface area is 186 Å². The van der Waals surface area contributed by atoms with Gasteiger partial charge in [-0.15, -0.1) is 11.3 Å². The van der Waals surface area contributed by atoms with Crippen molar-refractivity contribution in [3.05, 3.63) is 57.4 Å². The lowest BCUT2D eigenvalue weighted by Crippen LogP contribution is -2.36. The summed E-state index contributed by atoms with van der Waals surface area (Å²) in [4.78, 5) is 34.9. The number of amides is 2. The average molecular weight is 435 g/mol. The topological polar surface area (TPSA) is 65.5 Å². The van der Waals surface area contributed by atoms with Crippen LogP contribution in [0.15, 0.2) is 41.4 Å². The van der Waals surface area contributed by atoms with Gasteiger partial charge >= 0.3 is 0 Å². The van der Waals surface area contributed by atoms with E-state index in [1.54, 1.807) is 23.6 Å². The fourth-order valence-corrected chi connectivity index (χ4v) is 5.30. The largest absolute Gasteiger partial charge is 0.339 e. The highest BCUT2D eigenvalue weighted by molar-refractivity contribution is 7.10. The Kier molecular flexibility index (Phi) is 5.70. The minimum Gasteiger partial charge on any atom is -0.339 e. The first kappa shape index (κ1) is 20.2. The fourth-order valence-electron chi connectivity index (χ4n) is 4.59. The second-order valence-electron chi connectivity index (χ2n) is 8.37. The molecule has 0 spiro atoms. The summed E-state index contributed by atoms with van der Waals surface area (Å²) in [5, 5.41) is 5.05. The SMILES string of the molecule is O=C1Nc2ncc(C=CC(=O)N3CCC(=Cc4cccs4)CC3)cc2CN2CCCC12. The molecular weight excluding hydrogens is 408 g/mol. The molecule has 2 aromatic rings. The lowest BCUT2D eigenvalue weighted by atomic mass is 10.0. The Morgan fingerprint density at radius 2 is 2.13 bits per heavy atom. The zero-order valence-corrected chi connectivity index (χ0v) is 18.2. The Hall–Kier alpha value is -2.77. The van der Waals surface area contributed by atoms with Crippen LogP contribution in [0.4, 0.5) is 5.82 Å². The molecule has 160 valence electrons. The highest BCUT2D eigenvalue weighted by atomic mass is 32.1. The molecule has 0 aliphatic carbocycles. The van der Waals surface area contributed by atoms with E-state index in [4.69, 9.17) is 0 Å². The highest BCUT2D eigenvalue weighted by Crippen LogP contribution is 2.28. The molecule has 31 heavy (non-hydrogen) atoms. The van der Waals surface area contributed by atoms with Crippen LogP contribution in [0.25, 0.3) is 12.2 Å². The van der Waals surface area contributed by atoms with Crippen LogP contribution in [0.3, 0.4) is 0 Å². The van der Waals surface area contributed by atoms with Crippen molar-refractivity contribution in [1.82, 2.24) is 14.8 Å². The summed E-state index contributed by atoms with van der Waals surface area (Å²) < 4.78 is 0. The van der Waals surface area contributed by atoms with E-state index in [2.05, 4.69) is 38.8 Å². The number of anilines is 1. The maximum absolute atomic E-state index is 12.7. The summed E-state index contributed by atoms with van der Waals surface area (Å²) in [6.07, 6.45) is 11.3. The number of nitrogens with zero attached hydrogens (tertiary/aromatic N) is 3. The predicted octanol–water partition coefficient (Wildman–Crippen LogP) is 3.78. The molecule has 3 aliphatic heterocycles. The molecule has 2 amide bonds. The molecule has 1 unspecified atom stereocenters. The number of rotatable bonds is 3. The third-order valence-corrected chi connectivity index (χ3v) is 7.11. The average Bonchev–Trinajstić information content (AvgIpc) is 3.44. The van der Waals surface area contributed by atoms with Gasteiger partial charge in [0.05, 0.1) is 6.04 Å². The second-order valence-corrected chi connectivity index (χ2v) is 9.35. The molecule has 5 heterocycles. The van der Waals surface area contributed by atoms with Crippen LogP contribution in [0.1, 0.15) is 41.7 Å².